The first-order valence-corrected chi connectivity index (χ1v) is 18.1. The van der Waals surface area contributed by atoms with E-state index in [1.54, 1.807) is 0 Å². The summed E-state index contributed by atoms with van der Waals surface area (Å²) in [6.07, 6.45) is 6.41. The monoisotopic (exact) mass is 697 g/mol. The minimum absolute atomic E-state index is 0.603. The average Bonchev–Trinajstić information content (AvgIpc) is 3.61. The first-order chi connectivity index (χ1) is 26.4. The number of hydrogen-bond donors (Lipinski definition) is 0. The fourth-order valence-electron chi connectivity index (χ4n) is 6.70. The SMILES string of the molecule is C=C(C)/C=C(\C=C(C)C)c1cc(-c2ccc(-c3nc4ccccn4c3-c3ccccc3)cc2)cc(-c2nc(-c3ccccc3)nc(-c3ccccc3)n2)c1. The smallest absolute Gasteiger partial charge is 0.164 e. The third-order valence-electron chi connectivity index (χ3n) is 9.14. The molecule has 0 bridgehead atoms. The molecule has 0 radical (unpaired) electrons. The molecule has 3 aromatic heterocycles. The molecular weight excluding hydrogens is 659 g/mol. The van der Waals surface area contributed by atoms with Crippen LogP contribution in [0, 0.1) is 0 Å². The van der Waals surface area contributed by atoms with Gasteiger partial charge < -0.3 is 0 Å². The van der Waals surface area contributed by atoms with Crippen LogP contribution in [0.5, 0.6) is 0 Å². The fourth-order valence-corrected chi connectivity index (χ4v) is 6.70. The lowest BCUT2D eigenvalue weighted by molar-refractivity contribution is 1.07. The standard InChI is InChI=1S/C49H39N5/c1-33(2)28-40(29-34(3)4)42-30-41(31-43(32-42)49-52-47(38-18-10-6-11-19-38)51-48(53-49)39-20-12-7-13-21-39)35-23-25-36(26-24-35)45-46(37-16-8-5-9-17-37)54-27-15-14-22-44(54)50-45/h5-32H,1H2,2-4H3/b40-28+. The number of benzene rings is 5. The van der Waals surface area contributed by atoms with Crippen molar-refractivity contribution in [2.45, 2.75) is 20.8 Å². The van der Waals surface area contributed by atoms with E-state index in [-0.39, 0.29) is 0 Å². The molecule has 0 spiro atoms. The van der Waals surface area contributed by atoms with E-state index in [2.05, 4.69) is 110 Å². The van der Waals surface area contributed by atoms with Crippen molar-refractivity contribution in [3.05, 3.63) is 193 Å². The number of aromatic nitrogens is 5. The Labute approximate surface area is 316 Å². The first kappa shape index (κ1) is 34.1. The molecule has 0 aliphatic carbocycles. The number of fused-ring (bicyclic) bond motifs is 1. The van der Waals surface area contributed by atoms with E-state index in [1.165, 1.54) is 5.57 Å². The fraction of sp³-hybridized carbons (Fsp3) is 0.0612. The van der Waals surface area contributed by atoms with Gasteiger partial charge >= 0.3 is 0 Å². The zero-order valence-electron chi connectivity index (χ0n) is 30.6. The van der Waals surface area contributed by atoms with Crippen molar-refractivity contribution in [1.82, 2.24) is 24.3 Å². The summed E-state index contributed by atoms with van der Waals surface area (Å²) in [6, 6.07) is 52.0. The molecule has 260 valence electrons. The van der Waals surface area contributed by atoms with Crippen LogP contribution in [0.15, 0.2) is 188 Å². The van der Waals surface area contributed by atoms with E-state index >= 15 is 0 Å². The molecule has 0 saturated carbocycles. The maximum atomic E-state index is 5.09. The Balaban J connectivity index is 1.30. The quantitative estimate of drug-likeness (QED) is 0.141. The summed E-state index contributed by atoms with van der Waals surface area (Å²) >= 11 is 0. The molecule has 5 aromatic carbocycles. The van der Waals surface area contributed by atoms with Gasteiger partial charge in [-0.15, -0.1) is 0 Å². The van der Waals surface area contributed by atoms with Gasteiger partial charge in [-0.05, 0) is 73.4 Å². The van der Waals surface area contributed by atoms with Crippen molar-refractivity contribution in [2.24, 2.45) is 0 Å². The van der Waals surface area contributed by atoms with Crippen LogP contribution >= 0.6 is 0 Å². The van der Waals surface area contributed by atoms with E-state index in [4.69, 9.17) is 19.9 Å². The molecule has 8 rings (SSSR count). The zero-order chi connectivity index (χ0) is 37.0. The van der Waals surface area contributed by atoms with E-state index < -0.39 is 0 Å². The van der Waals surface area contributed by atoms with Gasteiger partial charge in [0.05, 0.1) is 11.4 Å². The number of nitrogens with zero attached hydrogens (tertiary/aromatic N) is 5. The van der Waals surface area contributed by atoms with Crippen molar-refractivity contribution >= 4 is 11.2 Å². The van der Waals surface area contributed by atoms with E-state index in [9.17, 15) is 0 Å². The molecule has 3 heterocycles. The summed E-state index contributed by atoms with van der Waals surface area (Å²) in [5.74, 6) is 1.85. The van der Waals surface area contributed by atoms with Crippen LogP contribution in [0.4, 0.5) is 0 Å². The predicted octanol–water partition coefficient (Wildman–Crippen LogP) is 12.4. The highest BCUT2D eigenvalue weighted by Gasteiger charge is 2.18. The van der Waals surface area contributed by atoms with Crippen molar-refractivity contribution in [3.8, 4) is 67.8 Å². The second kappa shape index (κ2) is 14.9. The Morgan fingerprint density at radius 3 is 1.57 bits per heavy atom. The number of hydrogen-bond acceptors (Lipinski definition) is 4. The van der Waals surface area contributed by atoms with Crippen LogP contribution in [0.25, 0.3) is 79.0 Å². The maximum absolute atomic E-state index is 5.09. The molecule has 0 atom stereocenters. The van der Waals surface area contributed by atoms with Gasteiger partial charge in [0.2, 0.25) is 0 Å². The molecular formula is C49H39N5. The molecule has 5 nitrogen and oxygen atoms in total. The van der Waals surface area contributed by atoms with Crippen molar-refractivity contribution in [3.63, 3.8) is 0 Å². The number of imidazole rings is 1. The molecule has 0 fully saturated rings. The van der Waals surface area contributed by atoms with Gasteiger partial charge in [0.1, 0.15) is 5.65 Å². The van der Waals surface area contributed by atoms with Gasteiger partial charge in [0.25, 0.3) is 0 Å². The van der Waals surface area contributed by atoms with E-state index in [1.807, 2.05) is 91.9 Å². The van der Waals surface area contributed by atoms with Crippen molar-refractivity contribution in [1.29, 1.82) is 0 Å². The summed E-state index contributed by atoms with van der Waals surface area (Å²) in [5, 5.41) is 0. The summed E-state index contributed by atoms with van der Waals surface area (Å²) in [6.45, 7) is 10.5. The summed E-state index contributed by atoms with van der Waals surface area (Å²) in [4.78, 5) is 20.2. The minimum atomic E-state index is 0.603. The zero-order valence-corrected chi connectivity index (χ0v) is 30.6. The molecule has 5 heteroatoms. The lowest BCUT2D eigenvalue weighted by Crippen LogP contribution is -2.01. The van der Waals surface area contributed by atoms with Crippen LogP contribution in [0.3, 0.4) is 0 Å². The van der Waals surface area contributed by atoms with Crippen LogP contribution in [-0.2, 0) is 0 Å². The van der Waals surface area contributed by atoms with Gasteiger partial charge in [-0.2, -0.15) is 0 Å². The summed E-state index contributed by atoms with van der Waals surface area (Å²) < 4.78 is 2.16. The van der Waals surface area contributed by atoms with E-state index in [0.29, 0.717) is 17.5 Å². The molecule has 0 unspecified atom stereocenters. The van der Waals surface area contributed by atoms with Gasteiger partial charge in [0, 0.05) is 34.0 Å². The van der Waals surface area contributed by atoms with Crippen molar-refractivity contribution in [2.75, 3.05) is 0 Å². The lowest BCUT2D eigenvalue weighted by atomic mass is 9.93. The molecule has 0 amide bonds. The molecule has 0 aliphatic rings. The highest BCUT2D eigenvalue weighted by Crippen LogP contribution is 2.36. The van der Waals surface area contributed by atoms with Crippen LogP contribution in [-0.4, -0.2) is 24.3 Å². The lowest BCUT2D eigenvalue weighted by Gasteiger charge is -2.14. The van der Waals surface area contributed by atoms with E-state index in [0.717, 1.165) is 72.7 Å². The van der Waals surface area contributed by atoms with Gasteiger partial charge in [-0.25, -0.2) is 19.9 Å². The topological polar surface area (TPSA) is 56.0 Å². The first-order valence-electron chi connectivity index (χ1n) is 18.1. The van der Waals surface area contributed by atoms with Crippen LogP contribution in [0.2, 0.25) is 0 Å². The normalized spacial score (nSPS) is 11.4. The Kier molecular flexibility index (Phi) is 9.44. The predicted molar refractivity (Wildman–Crippen MR) is 223 cm³/mol. The number of rotatable bonds is 9. The number of allylic oxidation sites excluding steroid dienone is 5. The molecule has 8 aromatic rings. The second-order valence-electron chi connectivity index (χ2n) is 13.7. The Hall–Kier alpha value is -6.98. The second-order valence-corrected chi connectivity index (χ2v) is 13.7. The van der Waals surface area contributed by atoms with Gasteiger partial charge in [0.15, 0.2) is 17.5 Å². The average molecular weight is 698 g/mol. The third-order valence-corrected chi connectivity index (χ3v) is 9.14. The van der Waals surface area contributed by atoms with Crippen LogP contribution < -0.4 is 0 Å². The molecule has 54 heavy (non-hydrogen) atoms. The maximum Gasteiger partial charge on any atom is 0.164 e. The highest BCUT2D eigenvalue weighted by molar-refractivity contribution is 5.86. The Morgan fingerprint density at radius 2 is 1.00 bits per heavy atom. The number of pyridine rings is 1. The Bertz CT molecular complexity index is 2610. The third kappa shape index (κ3) is 7.21. The minimum Gasteiger partial charge on any atom is -0.299 e. The van der Waals surface area contributed by atoms with Crippen molar-refractivity contribution < 1.29 is 0 Å². The molecule has 0 aliphatic heterocycles. The van der Waals surface area contributed by atoms with Crippen LogP contribution in [0.1, 0.15) is 26.3 Å². The molecule has 0 saturated heterocycles. The Morgan fingerprint density at radius 1 is 0.481 bits per heavy atom. The largest absolute Gasteiger partial charge is 0.299 e. The molecule has 0 N–H and O–H groups in total. The van der Waals surface area contributed by atoms with Gasteiger partial charge in [-0.1, -0.05) is 151 Å². The summed E-state index contributed by atoms with van der Waals surface area (Å²) in [5.41, 5.74) is 14.2. The summed E-state index contributed by atoms with van der Waals surface area (Å²) in [7, 11) is 0. The van der Waals surface area contributed by atoms with Gasteiger partial charge in [-0.3, -0.25) is 4.40 Å². The highest BCUT2D eigenvalue weighted by atomic mass is 15.0.